The minimum Gasteiger partial charge on any atom is -0.455 e. The minimum absolute atomic E-state index is 0.0581. The lowest BCUT2D eigenvalue weighted by atomic mass is 9.70. The van der Waals surface area contributed by atoms with Crippen LogP contribution in [0, 0.1) is 11.8 Å². The van der Waals surface area contributed by atoms with Crippen molar-refractivity contribution in [1.29, 1.82) is 0 Å². The molecule has 3 aliphatic rings. The summed E-state index contributed by atoms with van der Waals surface area (Å²) >= 11 is 6.15. The maximum absolute atomic E-state index is 14.7. The van der Waals surface area contributed by atoms with Gasteiger partial charge in [-0.15, -0.1) is 13.2 Å². The summed E-state index contributed by atoms with van der Waals surface area (Å²) in [6.07, 6.45) is 4.11. The van der Waals surface area contributed by atoms with Gasteiger partial charge in [0.25, 0.3) is 5.91 Å². The van der Waals surface area contributed by atoms with Crippen molar-refractivity contribution in [2.75, 3.05) is 38.3 Å². The lowest BCUT2D eigenvalue weighted by Crippen LogP contribution is -2.56. The number of unbranched alkanes of at least 4 members (excludes halogenated alkanes) is 1. The number of aliphatic hydroxyl groups is 1. The molecule has 0 aliphatic carbocycles. The van der Waals surface area contributed by atoms with Gasteiger partial charge in [-0.3, -0.25) is 19.2 Å². The highest BCUT2D eigenvalue weighted by atomic mass is 35.5. The van der Waals surface area contributed by atoms with Crippen LogP contribution in [0.15, 0.2) is 79.9 Å². The van der Waals surface area contributed by atoms with Gasteiger partial charge >= 0.3 is 5.97 Å². The Hall–Kier alpha value is -4.03. The van der Waals surface area contributed by atoms with E-state index in [1.54, 1.807) is 53.5 Å². The fourth-order valence-corrected chi connectivity index (χ4v) is 7.81. The van der Waals surface area contributed by atoms with Crippen LogP contribution < -0.4 is 10.2 Å². The second-order valence-electron chi connectivity index (χ2n) is 13.0. The predicted octanol–water partition coefficient (Wildman–Crippen LogP) is 4.39. The fraction of sp³-hybridized carbons (Fsp3) is 0.474. The molecule has 12 heteroatoms. The molecule has 0 aromatic heterocycles. The van der Waals surface area contributed by atoms with Crippen LogP contribution in [0.2, 0.25) is 5.02 Å². The third-order valence-electron chi connectivity index (χ3n) is 9.83. The average Bonchev–Trinajstić information content (AvgIpc) is 3.76. The van der Waals surface area contributed by atoms with Gasteiger partial charge in [-0.2, -0.15) is 0 Å². The number of aliphatic hydroxyl groups excluding tert-OH is 1. The van der Waals surface area contributed by atoms with E-state index >= 15 is 0 Å². The number of allylic oxidation sites excluding steroid dienone is 1. The number of carbonyl (C=O) groups is 4. The standard InChI is InChI=1S/C38H46ClN3O8/c1-4-6-14-30(44)40-28(24-48-3)33(25-12-8-7-9-13-25)49-37(47)31-29-19-20-38(50-29)32(31)35(45)42(22-10-11-23-43)34(38)36(46)41(21-5-2)27-17-15-26(39)16-18-27/h4-5,7-9,12-13,15-18,28-29,31-34,43H,1-2,6,10-11,14,19-24H2,3H3,(H,40,44)/t28-,29-,31+,32+,33-,34-,38+/m1/s1. The second-order valence-corrected chi connectivity index (χ2v) is 13.4. The molecule has 2 bridgehead atoms. The number of fused-ring (bicyclic) bond motifs is 1. The average molecular weight is 708 g/mol. The number of likely N-dealkylation sites (tertiary alicyclic amines) is 1. The molecule has 0 radical (unpaired) electrons. The van der Waals surface area contributed by atoms with Crippen LogP contribution in [0.25, 0.3) is 0 Å². The molecule has 3 heterocycles. The molecule has 268 valence electrons. The summed E-state index contributed by atoms with van der Waals surface area (Å²) in [5.41, 5.74) is -0.0404. The Kier molecular flexibility index (Phi) is 12.5. The molecule has 0 unspecified atom stereocenters. The smallest absolute Gasteiger partial charge is 0.313 e. The number of rotatable bonds is 18. The summed E-state index contributed by atoms with van der Waals surface area (Å²) in [6.45, 7) is 7.89. The second kappa shape index (κ2) is 16.8. The molecular formula is C38H46ClN3O8. The number of amides is 3. The topological polar surface area (TPSA) is 135 Å². The van der Waals surface area contributed by atoms with Crippen LogP contribution in [0.5, 0.6) is 0 Å². The maximum Gasteiger partial charge on any atom is 0.313 e. The van der Waals surface area contributed by atoms with Gasteiger partial charge in [0.1, 0.15) is 17.7 Å². The Morgan fingerprint density at radius 1 is 1.14 bits per heavy atom. The molecule has 7 atom stereocenters. The lowest BCUT2D eigenvalue weighted by molar-refractivity contribution is -0.163. The van der Waals surface area contributed by atoms with E-state index in [9.17, 15) is 24.3 Å². The van der Waals surface area contributed by atoms with Crippen LogP contribution in [-0.4, -0.2) is 90.9 Å². The SMILES string of the molecule is C=CCCC(=O)N[C@H](COC)[C@H](OC(=O)[C@@H]1[C@H]2C(=O)N(CCCCO)[C@H](C(=O)N(CC=C)c3ccc(Cl)cc3)[C@]23CC[C@H]1O3)c1ccccc1. The third kappa shape index (κ3) is 7.51. The van der Waals surface area contributed by atoms with E-state index in [1.165, 1.54) is 12.0 Å². The van der Waals surface area contributed by atoms with Crippen LogP contribution >= 0.6 is 11.6 Å². The Balaban J connectivity index is 1.48. The van der Waals surface area contributed by atoms with Crippen molar-refractivity contribution in [3.63, 3.8) is 0 Å². The van der Waals surface area contributed by atoms with E-state index in [1.807, 2.05) is 18.2 Å². The Bertz CT molecular complexity index is 1540. The van der Waals surface area contributed by atoms with E-state index in [0.717, 1.165) is 0 Å². The van der Waals surface area contributed by atoms with Crippen LogP contribution in [0.4, 0.5) is 5.69 Å². The number of anilines is 1. The number of nitrogens with zero attached hydrogens (tertiary/aromatic N) is 2. The number of hydrogen-bond donors (Lipinski definition) is 2. The number of halogens is 1. The first kappa shape index (κ1) is 37.2. The van der Waals surface area contributed by atoms with Crippen molar-refractivity contribution in [2.24, 2.45) is 11.8 Å². The number of nitrogens with one attached hydrogen (secondary N) is 1. The minimum atomic E-state index is -1.26. The first-order valence-corrected chi connectivity index (χ1v) is 17.5. The van der Waals surface area contributed by atoms with Gasteiger partial charge in [0, 0.05) is 43.9 Å². The number of benzene rings is 2. The highest BCUT2D eigenvalue weighted by Crippen LogP contribution is 2.59. The Morgan fingerprint density at radius 2 is 1.88 bits per heavy atom. The normalized spacial score (nSPS) is 24.7. The van der Waals surface area contributed by atoms with Crippen LogP contribution in [0.1, 0.15) is 50.2 Å². The lowest BCUT2D eigenvalue weighted by Gasteiger charge is -2.37. The van der Waals surface area contributed by atoms with Gasteiger partial charge in [-0.05, 0) is 61.9 Å². The van der Waals surface area contributed by atoms with Crippen molar-refractivity contribution in [3.8, 4) is 0 Å². The molecule has 2 N–H and O–H groups in total. The fourth-order valence-electron chi connectivity index (χ4n) is 7.68. The Labute approximate surface area is 298 Å². The molecular weight excluding hydrogens is 662 g/mol. The summed E-state index contributed by atoms with van der Waals surface area (Å²) in [7, 11) is 1.50. The molecule has 5 rings (SSSR count). The summed E-state index contributed by atoms with van der Waals surface area (Å²) < 4.78 is 18.4. The van der Waals surface area contributed by atoms with E-state index in [2.05, 4.69) is 18.5 Å². The van der Waals surface area contributed by atoms with Crippen molar-refractivity contribution >= 4 is 41.0 Å². The number of hydrogen-bond acceptors (Lipinski definition) is 8. The van der Waals surface area contributed by atoms with E-state index in [0.29, 0.717) is 48.4 Å². The van der Waals surface area contributed by atoms with Gasteiger partial charge in [0.05, 0.1) is 30.6 Å². The number of methoxy groups -OCH3 is 1. The van der Waals surface area contributed by atoms with Gasteiger partial charge in [0.15, 0.2) is 0 Å². The highest BCUT2D eigenvalue weighted by Gasteiger charge is 2.75. The van der Waals surface area contributed by atoms with Crippen LogP contribution in [-0.2, 0) is 33.4 Å². The van der Waals surface area contributed by atoms with E-state index in [4.69, 9.17) is 25.8 Å². The van der Waals surface area contributed by atoms with Gasteiger partial charge in [-0.1, -0.05) is 54.1 Å². The molecule has 0 saturated carbocycles. The van der Waals surface area contributed by atoms with E-state index in [-0.39, 0.29) is 50.4 Å². The molecule has 50 heavy (non-hydrogen) atoms. The first-order chi connectivity index (χ1) is 24.2. The zero-order valence-corrected chi connectivity index (χ0v) is 29.1. The van der Waals surface area contributed by atoms with Gasteiger partial charge in [0.2, 0.25) is 11.8 Å². The summed E-state index contributed by atoms with van der Waals surface area (Å²) in [6, 6.07) is 14.2. The summed E-state index contributed by atoms with van der Waals surface area (Å²) in [5.74, 6) is -3.55. The van der Waals surface area contributed by atoms with Gasteiger partial charge in [-0.25, -0.2) is 0 Å². The largest absolute Gasteiger partial charge is 0.455 e. The molecule has 2 aromatic carbocycles. The van der Waals surface area contributed by atoms with Gasteiger partial charge < -0.3 is 34.4 Å². The third-order valence-corrected chi connectivity index (χ3v) is 10.1. The molecule has 3 aliphatic heterocycles. The highest BCUT2D eigenvalue weighted by molar-refractivity contribution is 6.30. The zero-order valence-electron chi connectivity index (χ0n) is 28.4. The number of carbonyl (C=O) groups excluding carboxylic acids is 4. The summed E-state index contributed by atoms with van der Waals surface area (Å²) in [5, 5.41) is 13.0. The zero-order chi connectivity index (χ0) is 35.8. The molecule has 3 fully saturated rings. The maximum atomic E-state index is 14.7. The van der Waals surface area contributed by atoms with Crippen molar-refractivity contribution < 1.29 is 38.5 Å². The number of esters is 1. The molecule has 3 amide bonds. The quantitative estimate of drug-likeness (QED) is 0.132. The van der Waals surface area contributed by atoms with Crippen molar-refractivity contribution in [3.05, 3.63) is 90.5 Å². The van der Waals surface area contributed by atoms with Crippen molar-refractivity contribution in [1.82, 2.24) is 10.2 Å². The first-order valence-electron chi connectivity index (χ1n) is 17.1. The van der Waals surface area contributed by atoms with Crippen molar-refractivity contribution in [2.45, 2.75) is 68.4 Å². The Morgan fingerprint density at radius 3 is 2.54 bits per heavy atom. The molecule has 2 aromatic rings. The molecule has 11 nitrogen and oxygen atoms in total. The summed E-state index contributed by atoms with van der Waals surface area (Å²) in [4.78, 5) is 59.5. The van der Waals surface area contributed by atoms with Crippen LogP contribution in [0.3, 0.4) is 0 Å². The molecule has 3 saturated heterocycles. The molecule has 1 spiro atoms. The number of ether oxygens (including phenoxy) is 3. The van der Waals surface area contributed by atoms with E-state index < -0.39 is 47.7 Å². The predicted molar refractivity (Wildman–Crippen MR) is 188 cm³/mol. The monoisotopic (exact) mass is 707 g/mol.